The van der Waals surface area contributed by atoms with Crippen molar-refractivity contribution in [1.82, 2.24) is 15.0 Å². The maximum atomic E-state index is 5.85. The highest BCUT2D eigenvalue weighted by Gasteiger charge is 2.23. The van der Waals surface area contributed by atoms with E-state index in [1.165, 1.54) is 12.8 Å². The van der Waals surface area contributed by atoms with Crippen molar-refractivity contribution in [3.05, 3.63) is 0 Å². The van der Waals surface area contributed by atoms with Crippen LogP contribution >= 0.6 is 0 Å². The maximum Gasteiger partial charge on any atom is 0.232 e. The highest BCUT2D eigenvalue weighted by atomic mass is 16.5. The van der Waals surface area contributed by atoms with Crippen LogP contribution in [-0.4, -0.2) is 53.8 Å². The van der Waals surface area contributed by atoms with Gasteiger partial charge in [0.2, 0.25) is 17.8 Å². The predicted octanol–water partition coefficient (Wildman–Crippen LogP) is 0.669. The molecule has 1 aromatic rings. The molecule has 0 aromatic carbocycles. The number of nitrogens with zero attached hydrogens (tertiary/aromatic N) is 5. The van der Waals surface area contributed by atoms with Crippen molar-refractivity contribution in [1.29, 1.82) is 0 Å². The number of aromatic nitrogens is 3. The number of anilines is 3. The van der Waals surface area contributed by atoms with Crippen LogP contribution in [0.3, 0.4) is 0 Å². The fraction of sp³-hybridized carbons (Fsp3) is 0.769. The van der Waals surface area contributed by atoms with E-state index in [1.54, 1.807) is 0 Å². The van der Waals surface area contributed by atoms with Gasteiger partial charge in [-0.2, -0.15) is 15.0 Å². The fourth-order valence-electron chi connectivity index (χ4n) is 2.72. The minimum absolute atomic E-state index is 0.247. The summed E-state index contributed by atoms with van der Waals surface area (Å²) in [5.74, 6) is 1.70. The third-order valence-corrected chi connectivity index (χ3v) is 3.89. The van der Waals surface area contributed by atoms with Gasteiger partial charge in [-0.3, -0.25) is 0 Å². The standard InChI is InChI=1S/C13H22N6O/c1-2-10-9-19(7-8-20-10)13-16-11(14)15-12(17-13)18-5-3-4-6-18/h10H,2-9H2,1H3,(H2,14,15,16,17). The van der Waals surface area contributed by atoms with E-state index >= 15 is 0 Å². The largest absolute Gasteiger partial charge is 0.375 e. The normalized spacial score (nSPS) is 23.4. The highest BCUT2D eigenvalue weighted by molar-refractivity contribution is 5.44. The number of nitrogen functional groups attached to an aromatic ring is 1. The van der Waals surface area contributed by atoms with E-state index in [-0.39, 0.29) is 6.10 Å². The number of ether oxygens (including phenoxy) is 1. The summed E-state index contributed by atoms with van der Waals surface area (Å²) in [6, 6.07) is 0. The number of nitrogens with two attached hydrogens (primary N) is 1. The van der Waals surface area contributed by atoms with Crippen LogP contribution in [0.25, 0.3) is 0 Å². The monoisotopic (exact) mass is 278 g/mol. The Balaban J connectivity index is 1.81. The van der Waals surface area contributed by atoms with E-state index in [1.807, 2.05) is 0 Å². The van der Waals surface area contributed by atoms with Crippen molar-refractivity contribution in [2.75, 3.05) is 48.3 Å². The Morgan fingerprint density at radius 2 is 1.80 bits per heavy atom. The minimum Gasteiger partial charge on any atom is -0.375 e. The highest BCUT2D eigenvalue weighted by Crippen LogP contribution is 2.21. The first-order chi connectivity index (χ1) is 9.76. The van der Waals surface area contributed by atoms with Crippen LogP contribution < -0.4 is 15.5 Å². The molecule has 0 aliphatic carbocycles. The molecule has 110 valence electrons. The van der Waals surface area contributed by atoms with Crippen LogP contribution in [0.15, 0.2) is 0 Å². The lowest BCUT2D eigenvalue weighted by atomic mass is 10.2. The Kier molecular flexibility index (Phi) is 3.86. The van der Waals surface area contributed by atoms with Crippen LogP contribution in [0, 0.1) is 0 Å². The molecule has 3 heterocycles. The molecule has 1 aromatic heterocycles. The molecule has 20 heavy (non-hydrogen) atoms. The smallest absolute Gasteiger partial charge is 0.232 e. The first-order valence-corrected chi connectivity index (χ1v) is 7.39. The lowest BCUT2D eigenvalue weighted by Crippen LogP contribution is -2.43. The number of morpholine rings is 1. The van der Waals surface area contributed by atoms with Crippen molar-refractivity contribution in [3.63, 3.8) is 0 Å². The first-order valence-electron chi connectivity index (χ1n) is 7.39. The van der Waals surface area contributed by atoms with E-state index in [0.29, 0.717) is 24.5 Å². The van der Waals surface area contributed by atoms with Gasteiger partial charge in [0.25, 0.3) is 0 Å². The van der Waals surface area contributed by atoms with Gasteiger partial charge < -0.3 is 20.3 Å². The summed E-state index contributed by atoms with van der Waals surface area (Å²) in [6.07, 6.45) is 3.62. The fourth-order valence-corrected chi connectivity index (χ4v) is 2.72. The van der Waals surface area contributed by atoms with Crippen LogP contribution in [-0.2, 0) is 4.74 Å². The molecule has 7 heteroatoms. The quantitative estimate of drug-likeness (QED) is 0.870. The molecule has 3 rings (SSSR count). The summed E-state index contributed by atoms with van der Waals surface area (Å²) in [4.78, 5) is 17.5. The van der Waals surface area contributed by atoms with Gasteiger partial charge >= 0.3 is 0 Å². The third-order valence-electron chi connectivity index (χ3n) is 3.89. The van der Waals surface area contributed by atoms with E-state index in [0.717, 1.165) is 32.6 Å². The molecular formula is C13H22N6O. The van der Waals surface area contributed by atoms with E-state index in [4.69, 9.17) is 10.5 Å². The van der Waals surface area contributed by atoms with Crippen molar-refractivity contribution in [2.45, 2.75) is 32.3 Å². The summed E-state index contributed by atoms with van der Waals surface area (Å²) in [5, 5.41) is 0. The summed E-state index contributed by atoms with van der Waals surface area (Å²) < 4.78 is 5.68. The lowest BCUT2D eigenvalue weighted by molar-refractivity contribution is 0.0379. The van der Waals surface area contributed by atoms with Crippen LogP contribution in [0.4, 0.5) is 17.8 Å². The Bertz CT molecular complexity index is 462. The first kappa shape index (κ1) is 13.4. The van der Waals surface area contributed by atoms with Crippen LogP contribution in [0.1, 0.15) is 26.2 Å². The van der Waals surface area contributed by atoms with Gasteiger partial charge in [0.15, 0.2) is 0 Å². The third kappa shape index (κ3) is 2.77. The molecular weight excluding hydrogens is 256 g/mol. The van der Waals surface area contributed by atoms with Crippen molar-refractivity contribution < 1.29 is 4.74 Å². The molecule has 2 fully saturated rings. The van der Waals surface area contributed by atoms with Crippen LogP contribution in [0.2, 0.25) is 0 Å². The predicted molar refractivity (Wildman–Crippen MR) is 77.9 cm³/mol. The molecule has 0 radical (unpaired) electrons. The second-order valence-electron chi connectivity index (χ2n) is 5.33. The van der Waals surface area contributed by atoms with Gasteiger partial charge in [-0.1, -0.05) is 6.92 Å². The molecule has 0 amide bonds. The second-order valence-corrected chi connectivity index (χ2v) is 5.33. The van der Waals surface area contributed by atoms with Crippen LogP contribution in [0.5, 0.6) is 0 Å². The van der Waals surface area contributed by atoms with Gasteiger partial charge in [0, 0.05) is 26.2 Å². The van der Waals surface area contributed by atoms with Crippen molar-refractivity contribution in [3.8, 4) is 0 Å². The summed E-state index contributed by atoms with van der Waals surface area (Å²) in [6.45, 7) is 6.47. The molecule has 2 N–H and O–H groups in total. The molecule has 0 spiro atoms. The molecule has 2 saturated heterocycles. The Labute approximate surface area is 119 Å². The van der Waals surface area contributed by atoms with E-state index in [9.17, 15) is 0 Å². The molecule has 0 bridgehead atoms. The van der Waals surface area contributed by atoms with Gasteiger partial charge in [-0.25, -0.2) is 0 Å². The summed E-state index contributed by atoms with van der Waals surface area (Å²) in [7, 11) is 0. The zero-order chi connectivity index (χ0) is 13.9. The lowest BCUT2D eigenvalue weighted by Gasteiger charge is -2.32. The molecule has 1 atom stereocenters. The van der Waals surface area contributed by atoms with Gasteiger partial charge in [-0.05, 0) is 19.3 Å². The Morgan fingerprint density at radius 1 is 1.10 bits per heavy atom. The summed E-state index contributed by atoms with van der Waals surface area (Å²) in [5.41, 5.74) is 5.85. The second kappa shape index (κ2) is 5.78. The van der Waals surface area contributed by atoms with Crippen molar-refractivity contribution >= 4 is 17.8 Å². The van der Waals surface area contributed by atoms with E-state index < -0.39 is 0 Å². The van der Waals surface area contributed by atoms with Crippen molar-refractivity contribution in [2.24, 2.45) is 0 Å². The average molecular weight is 278 g/mol. The molecule has 2 aliphatic rings. The topological polar surface area (TPSA) is 80.4 Å². The molecule has 2 aliphatic heterocycles. The zero-order valence-corrected chi connectivity index (χ0v) is 12.0. The number of hydrogen-bond donors (Lipinski definition) is 1. The molecule has 7 nitrogen and oxygen atoms in total. The Hall–Kier alpha value is -1.63. The van der Waals surface area contributed by atoms with Gasteiger partial charge in [-0.15, -0.1) is 0 Å². The number of hydrogen-bond acceptors (Lipinski definition) is 7. The summed E-state index contributed by atoms with van der Waals surface area (Å²) >= 11 is 0. The molecule has 1 unspecified atom stereocenters. The average Bonchev–Trinajstić information content (AvgIpc) is 3.01. The van der Waals surface area contributed by atoms with Gasteiger partial charge in [0.05, 0.1) is 12.7 Å². The zero-order valence-electron chi connectivity index (χ0n) is 12.0. The van der Waals surface area contributed by atoms with Gasteiger partial charge in [0.1, 0.15) is 0 Å². The molecule has 0 saturated carbocycles. The van der Waals surface area contributed by atoms with E-state index in [2.05, 4.69) is 31.7 Å². The minimum atomic E-state index is 0.247. The maximum absolute atomic E-state index is 5.85. The SMILES string of the molecule is CCC1CN(c2nc(N)nc(N3CCCC3)n2)CCO1. The Morgan fingerprint density at radius 3 is 2.50 bits per heavy atom. The number of rotatable bonds is 3.